The van der Waals surface area contributed by atoms with Crippen LogP contribution in [0.2, 0.25) is 22.2 Å². The van der Waals surface area contributed by atoms with Gasteiger partial charge in [-0.2, -0.15) is 0 Å². The smallest absolute Gasteiger partial charge is 0.335 e. The molecule has 3 rings (SSSR count). The zero-order valence-electron chi connectivity index (χ0n) is 19.5. The molecule has 3 atom stereocenters. The van der Waals surface area contributed by atoms with Gasteiger partial charge in [0.05, 0.1) is 18.8 Å². The second kappa shape index (κ2) is 8.93. The fraction of sp³-hybridized carbons (Fsp3) is 0.739. The zero-order valence-corrected chi connectivity index (χ0v) is 21.5. The highest BCUT2D eigenvalue weighted by atomic mass is 28.5. The Morgan fingerprint density at radius 2 is 1.31 bits per heavy atom. The van der Waals surface area contributed by atoms with Crippen molar-refractivity contribution >= 4 is 17.1 Å². The fourth-order valence-corrected chi connectivity index (χ4v) is 16.2. The largest absolute Gasteiger partial charge is 0.414 e. The van der Waals surface area contributed by atoms with Crippen LogP contribution in [0.25, 0.3) is 0 Å². The van der Waals surface area contributed by atoms with E-state index in [1.165, 1.54) is 5.56 Å². The third-order valence-electron chi connectivity index (χ3n) is 6.72. The number of benzene rings is 1. The Morgan fingerprint density at radius 1 is 0.759 bits per heavy atom. The van der Waals surface area contributed by atoms with Gasteiger partial charge in [0.1, 0.15) is 6.10 Å². The van der Waals surface area contributed by atoms with Gasteiger partial charge in [-0.05, 0) is 27.7 Å². The molecule has 0 bridgehead atoms. The number of hydrogen-bond acceptors (Lipinski definition) is 4. The molecular weight excluding hydrogens is 396 g/mol. The second-order valence-corrected chi connectivity index (χ2v) is 18.8. The first-order valence-corrected chi connectivity index (χ1v) is 15.3. The second-order valence-electron chi connectivity index (χ2n) is 9.94. The number of hydrogen-bond donors (Lipinski definition) is 0. The molecule has 6 heteroatoms. The fourth-order valence-electron chi connectivity index (χ4n) is 5.03. The first-order valence-electron chi connectivity index (χ1n) is 11.3. The highest BCUT2D eigenvalue weighted by Gasteiger charge is 2.60. The Bertz CT molecular complexity index is 646. The van der Waals surface area contributed by atoms with Gasteiger partial charge in [-0.15, -0.1) is 0 Å². The topological polar surface area (TPSA) is 36.9 Å². The average Bonchev–Trinajstić information content (AvgIpc) is 3.04. The molecule has 0 saturated carbocycles. The zero-order chi connectivity index (χ0) is 21.4. The molecule has 2 aliphatic heterocycles. The molecule has 0 radical (unpaired) electrons. The maximum absolute atomic E-state index is 7.24. The summed E-state index contributed by atoms with van der Waals surface area (Å²) in [5, 5.41) is 0. The minimum absolute atomic E-state index is 0.0298. The molecule has 0 amide bonds. The van der Waals surface area contributed by atoms with Crippen molar-refractivity contribution in [3.8, 4) is 0 Å². The van der Waals surface area contributed by atoms with Crippen molar-refractivity contribution in [1.29, 1.82) is 0 Å². The first-order chi connectivity index (χ1) is 13.6. The van der Waals surface area contributed by atoms with Gasteiger partial charge in [0.25, 0.3) is 0 Å². The van der Waals surface area contributed by atoms with Gasteiger partial charge in [0, 0.05) is 6.42 Å². The van der Waals surface area contributed by atoms with Crippen LogP contribution in [0.4, 0.5) is 0 Å². The Hall–Kier alpha value is -0.506. The van der Waals surface area contributed by atoms with Gasteiger partial charge in [0.15, 0.2) is 0 Å². The molecule has 164 valence electrons. The molecule has 0 N–H and O–H groups in total. The van der Waals surface area contributed by atoms with Crippen LogP contribution >= 0.6 is 0 Å². The Kier molecular flexibility index (Phi) is 7.13. The molecule has 2 fully saturated rings. The average molecular weight is 437 g/mol. The lowest BCUT2D eigenvalue weighted by Crippen LogP contribution is -2.65. The summed E-state index contributed by atoms with van der Waals surface area (Å²) in [6.45, 7) is 18.7. The van der Waals surface area contributed by atoms with Crippen LogP contribution < -0.4 is 0 Å². The van der Waals surface area contributed by atoms with Crippen LogP contribution in [0.15, 0.2) is 30.3 Å². The summed E-state index contributed by atoms with van der Waals surface area (Å²) < 4.78 is 27.6. The number of rotatable bonds is 5. The van der Waals surface area contributed by atoms with E-state index in [9.17, 15) is 0 Å². The van der Waals surface area contributed by atoms with Gasteiger partial charge >= 0.3 is 17.1 Å². The molecule has 29 heavy (non-hydrogen) atoms. The molecule has 1 aromatic rings. The Labute approximate surface area is 179 Å². The van der Waals surface area contributed by atoms with Crippen molar-refractivity contribution in [3.63, 3.8) is 0 Å². The molecule has 2 saturated heterocycles. The summed E-state index contributed by atoms with van der Waals surface area (Å²) in [6, 6.07) is 10.5. The highest BCUT2D eigenvalue weighted by Crippen LogP contribution is 2.48. The lowest BCUT2D eigenvalue weighted by molar-refractivity contribution is -0.0385. The van der Waals surface area contributed by atoms with E-state index in [2.05, 4.69) is 85.7 Å². The van der Waals surface area contributed by atoms with E-state index < -0.39 is 17.1 Å². The third kappa shape index (κ3) is 4.30. The van der Waals surface area contributed by atoms with Gasteiger partial charge in [0.2, 0.25) is 0 Å². The summed E-state index contributed by atoms with van der Waals surface area (Å²) in [5.41, 5.74) is 2.65. The molecule has 0 unspecified atom stereocenters. The van der Waals surface area contributed by atoms with E-state index in [-0.39, 0.29) is 18.3 Å². The summed E-state index contributed by atoms with van der Waals surface area (Å²) in [5.74, 6) is 0. The van der Waals surface area contributed by atoms with E-state index in [1.54, 1.807) is 0 Å². The van der Waals surface area contributed by atoms with E-state index >= 15 is 0 Å². The van der Waals surface area contributed by atoms with Crippen molar-refractivity contribution in [2.75, 3.05) is 6.61 Å². The molecule has 4 nitrogen and oxygen atoms in total. The molecule has 0 spiro atoms. The summed E-state index contributed by atoms with van der Waals surface area (Å²) in [7, 11) is -5.03. The maximum atomic E-state index is 7.24. The van der Waals surface area contributed by atoms with E-state index in [0.29, 0.717) is 28.8 Å². The van der Waals surface area contributed by atoms with Gasteiger partial charge in [-0.25, -0.2) is 0 Å². The molecule has 0 aromatic heterocycles. The Balaban J connectivity index is 1.99. The highest BCUT2D eigenvalue weighted by molar-refractivity contribution is 6.83. The predicted molar refractivity (Wildman–Crippen MR) is 122 cm³/mol. The summed E-state index contributed by atoms with van der Waals surface area (Å²) in [6.07, 6.45) is 0.932. The van der Waals surface area contributed by atoms with Gasteiger partial charge in [-0.1, -0.05) is 85.7 Å². The van der Waals surface area contributed by atoms with Crippen LogP contribution in [0.1, 0.15) is 73.5 Å². The van der Waals surface area contributed by atoms with E-state index in [0.717, 1.165) is 6.42 Å². The molecular formula is C23H40O4Si2. The van der Waals surface area contributed by atoms with Crippen LogP contribution in [0.5, 0.6) is 0 Å². The summed E-state index contributed by atoms with van der Waals surface area (Å²) in [4.78, 5) is 0. The van der Waals surface area contributed by atoms with E-state index in [4.69, 9.17) is 17.7 Å². The van der Waals surface area contributed by atoms with E-state index in [1.807, 2.05) is 0 Å². The van der Waals surface area contributed by atoms with Crippen LogP contribution in [-0.4, -0.2) is 35.9 Å². The molecule has 0 aliphatic carbocycles. The number of fused-ring (bicyclic) bond motifs is 1. The lowest BCUT2D eigenvalue weighted by Gasteiger charge is -2.51. The standard InChI is InChI=1S/C23H40O4Si2/c1-16(2)28(17(3)4)24-15-23-22(26-29(27-28,18(5)6)19(7)8)14-21(25-23)20-12-10-9-11-13-20/h9-13,16-19,21-23H,14-15H2,1-8H3/t21-,22+,23-/m1/s1. The molecule has 1 aromatic carbocycles. The molecule has 2 aliphatic rings. The first kappa shape index (κ1) is 23.2. The Morgan fingerprint density at radius 3 is 1.83 bits per heavy atom. The minimum Gasteiger partial charge on any atom is -0.414 e. The van der Waals surface area contributed by atoms with Crippen LogP contribution in [0.3, 0.4) is 0 Å². The molecule has 2 heterocycles. The van der Waals surface area contributed by atoms with Crippen molar-refractivity contribution in [2.45, 2.75) is 102 Å². The van der Waals surface area contributed by atoms with Crippen molar-refractivity contribution in [3.05, 3.63) is 35.9 Å². The normalized spacial score (nSPS) is 29.3. The SMILES string of the molecule is CC(C)[Si]1(C(C)C)OC[C@H]2O[C@@H](c3ccccc3)C[C@@H]2O[Si](C(C)C)(C(C)C)O1. The van der Waals surface area contributed by atoms with Gasteiger partial charge < -0.3 is 17.7 Å². The summed E-state index contributed by atoms with van der Waals surface area (Å²) >= 11 is 0. The monoisotopic (exact) mass is 436 g/mol. The quantitative estimate of drug-likeness (QED) is 0.495. The van der Waals surface area contributed by atoms with Crippen LogP contribution in [-0.2, 0) is 17.7 Å². The van der Waals surface area contributed by atoms with Crippen LogP contribution in [0, 0.1) is 0 Å². The van der Waals surface area contributed by atoms with Crippen molar-refractivity contribution in [1.82, 2.24) is 0 Å². The number of ether oxygens (including phenoxy) is 1. The van der Waals surface area contributed by atoms with Crippen molar-refractivity contribution < 1.29 is 17.7 Å². The third-order valence-corrected chi connectivity index (χ3v) is 17.0. The van der Waals surface area contributed by atoms with Crippen molar-refractivity contribution in [2.24, 2.45) is 0 Å². The minimum atomic E-state index is -2.54. The maximum Gasteiger partial charge on any atom is 0.335 e. The van der Waals surface area contributed by atoms with Gasteiger partial charge in [-0.3, -0.25) is 0 Å². The predicted octanol–water partition coefficient (Wildman–Crippen LogP) is 6.47. The lowest BCUT2D eigenvalue weighted by atomic mass is 10.1.